The second-order valence-electron chi connectivity index (χ2n) is 7.50. The lowest BCUT2D eigenvalue weighted by atomic mass is 10.1. The lowest BCUT2D eigenvalue weighted by molar-refractivity contribution is 0.101. The van der Waals surface area contributed by atoms with E-state index in [9.17, 15) is 4.79 Å². The number of ether oxygens (including phenoxy) is 2. The van der Waals surface area contributed by atoms with Crippen molar-refractivity contribution in [2.45, 2.75) is 20.4 Å². The molecule has 2 aromatic heterocycles. The van der Waals surface area contributed by atoms with Gasteiger partial charge in [0.05, 0.1) is 23.6 Å². The standard InChI is InChI=1S/C23H18Cl2N4O4/c1-12-22(13(2)29(27-12)10-15-16(24)4-3-5-17(15)25)26-23(30)18-9-20(33-28-18)14-6-7-19-21(8-14)32-11-31-19/h3-9H,10-11H2,1-2H3,(H,26,30). The van der Waals surface area contributed by atoms with Crippen LogP contribution in [0.2, 0.25) is 10.0 Å². The van der Waals surface area contributed by atoms with E-state index in [-0.39, 0.29) is 12.5 Å². The number of rotatable bonds is 5. The first-order valence-electron chi connectivity index (χ1n) is 10.1. The lowest BCUT2D eigenvalue weighted by Gasteiger charge is -2.09. The molecule has 168 valence electrons. The summed E-state index contributed by atoms with van der Waals surface area (Å²) in [7, 11) is 0. The minimum atomic E-state index is -0.410. The minimum absolute atomic E-state index is 0.142. The summed E-state index contributed by atoms with van der Waals surface area (Å²) in [5.41, 5.74) is 3.63. The number of hydrogen-bond acceptors (Lipinski definition) is 6. The van der Waals surface area contributed by atoms with Gasteiger partial charge in [-0.3, -0.25) is 9.48 Å². The fourth-order valence-electron chi connectivity index (χ4n) is 3.61. The summed E-state index contributed by atoms with van der Waals surface area (Å²) in [5, 5.41) is 12.4. The molecule has 3 heterocycles. The highest BCUT2D eigenvalue weighted by atomic mass is 35.5. The van der Waals surface area contributed by atoms with Gasteiger partial charge in [0.1, 0.15) is 0 Å². The number of halogens is 2. The third-order valence-electron chi connectivity index (χ3n) is 5.39. The number of carbonyl (C=O) groups excluding carboxylic acids is 1. The monoisotopic (exact) mass is 484 g/mol. The van der Waals surface area contributed by atoms with Gasteiger partial charge in [0.15, 0.2) is 23.0 Å². The predicted molar refractivity (Wildman–Crippen MR) is 123 cm³/mol. The summed E-state index contributed by atoms with van der Waals surface area (Å²) in [5.74, 6) is 1.31. The zero-order valence-corrected chi connectivity index (χ0v) is 19.2. The molecule has 0 aliphatic carbocycles. The van der Waals surface area contributed by atoms with Crippen LogP contribution in [0, 0.1) is 13.8 Å². The maximum absolute atomic E-state index is 12.9. The van der Waals surface area contributed by atoms with E-state index in [1.165, 1.54) is 0 Å². The van der Waals surface area contributed by atoms with Crippen LogP contribution in [0.1, 0.15) is 27.4 Å². The average molecular weight is 485 g/mol. The summed E-state index contributed by atoms with van der Waals surface area (Å²) < 4.78 is 17.8. The van der Waals surface area contributed by atoms with Crippen LogP contribution in [0.25, 0.3) is 11.3 Å². The summed E-state index contributed by atoms with van der Waals surface area (Å²) in [4.78, 5) is 12.9. The number of nitrogens with zero attached hydrogens (tertiary/aromatic N) is 3. The van der Waals surface area contributed by atoms with Crippen molar-refractivity contribution in [1.82, 2.24) is 14.9 Å². The molecule has 1 N–H and O–H groups in total. The van der Waals surface area contributed by atoms with Crippen molar-refractivity contribution in [3.63, 3.8) is 0 Å². The molecule has 0 atom stereocenters. The summed E-state index contributed by atoms with van der Waals surface area (Å²) in [6.07, 6.45) is 0. The largest absolute Gasteiger partial charge is 0.454 e. The number of amides is 1. The Bertz CT molecular complexity index is 1360. The normalized spacial score (nSPS) is 12.2. The molecule has 1 amide bonds. The van der Waals surface area contributed by atoms with Gasteiger partial charge in [0, 0.05) is 27.2 Å². The van der Waals surface area contributed by atoms with Crippen molar-refractivity contribution in [3.05, 3.63) is 75.2 Å². The van der Waals surface area contributed by atoms with Crippen molar-refractivity contribution >= 4 is 34.8 Å². The fraction of sp³-hybridized carbons (Fsp3) is 0.174. The zero-order valence-electron chi connectivity index (χ0n) is 17.7. The van der Waals surface area contributed by atoms with Gasteiger partial charge in [0.2, 0.25) is 6.79 Å². The molecule has 0 fully saturated rings. The van der Waals surface area contributed by atoms with Crippen molar-refractivity contribution in [3.8, 4) is 22.8 Å². The molecule has 8 nitrogen and oxygen atoms in total. The van der Waals surface area contributed by atoms with E-state index < -0.39 is 5.91 Å². The Morgan fingerprint density at radius 3 is 2.64 bits per heavy atom. The van der Waals surface area contributed by atoms with Gasteiger partial charge < -0.3 is 19.3 Å². The Labute approximate surface area is 199 Å². The minimum Gasteiger partial charge on any atom is -0.454 e. The van der Waals surface area contributed by atoms with E-state index in [1.54, 1.807) is 41.1 Å². The first-order valence-corrected chi connectivity index (χ1v) is 10.8. The number of aromatic nitrogens is 3. The fourth-order valence-corrected chi connectivity index (χ4v) is 4.13. The van der Waals surface area contributed by atoms with Gasteiger partial charge in [-0.05, 0) is 44.2 Å². The topological polar surface area (TPSA) is 91.4 Å². The molecule has 0 saturated heterocycles. The van der Waals surface area contributed by atoms with Crippen LogP contribution in [-0.4, -0.2) is 27.6 Å². The van der Waals surface area contributed by atoms with Gasteiger partial charge in [-0.25, -0.2) is 0 Å². The molecule has 0 saturated carbocycles. The van der Waals surface area contributed by atoms with E-state index >= 15 is 0 Å². The molecule has 10 heteroatoms. The smallest absolute Gasteiger partial charge is 0.277 e. The summed E-state index contributed by atoms with van der Waals surface area (Å²) in [6, 6.07) is 12.3. The number of aryl methyl sites for hydroxylation is 1. The second kappa shape index (κ2) is 8.46. The lowest BCUT2D eigenvalue weighted by Crippen LogP contribution is -2.13. The average Bonchev–Trinajstić information content (AvgIpc) is 3.52. The molecular formula is C23H18Cl2N4O4. The van der Waals surface area contributed by atoms with Crippen LogP contribution in [0.4, 0.5) is 5.69 Å². The molecule has 1 aliphatic rings. The van der Waals surface area contributed by atoms with Crippen molar-refractivity contribution in [2.75, 3.05) is 12.1 Å². The van der Waals surface area contributed by atoms with Crippen molar-refractivity contribution in [1.29, 1.82) is 0 Å². The summed E-state index contributed by atoms with van der Waals surface area (Å²) >= 11 is 12.6. The van der Waals surface area contributed by atoms with Gasteiger partial charge in [-0.15, -0.1) is 0 Å². The van der Waals surface area contributed by atoms with E-state index in [0.717, 1.165) is 16.8 Å². The molecule has 2 aromatic carbocycles. The number of nitrogens with one attached hydrogen (secondary N) is 1. The zero-order chi connectivity index (χ0) is 23.1. The van der Waals surface area contributed by atoms with E-state index in [2.05, 4.69) is 15.6 Å². The highest BCUT2D eigenvalue weighted by Gasteiger charge is 2.21. The van der Waals surface area contributed by atoms with Gasteiger partial charge in [-0.2, -0.15) is 5.10 Å². The maximum atomic E-state index is 12.9. The highest BCUT2D eigenvalue weighted by molar-refractivity contribution is 6.36. The Kier molecular flexibility index (Phi) is 5.47. The van der Waals surface area contributed by atoms with Gasteiger partial charge >= 0.3 is 0 Å². The van der Waals surface area contributed by atoms with Crippen LogP contribution in [-0.2, 0) is 6.54 Å². The third-order valence-corrected chi connectivity index (χ3v) is 6.10. The van der Waals surface area contributed by atoms with Gasteiger partial charge in [0.25, 0.3) is 5.91 Å². The quantitative estimate of drug-likeness (QED) is 0.402. The molecule has 5 rings (SSSR count). The van der Waals surface area contributed by atoms with E-state index in [1.807, 2.05) is 19.9 Å². The molecule has 0 bridgehead atoms. The number of fused-ring (bicyclic) bond motifs is 1. The molecular weight excluding hydrogens is 467 g/mol. The third kappa shape index (κ3) is 4.03. The number of benzene rings is 2. The molecule has 1 aliphatic heterocycles. The SMILES string of the molecule is Cc1nn(Cc2c(Cl)cccc2Cl)c(C)c1NC(=O)c1cc(-c2ccc3c(c2)OCO3)on1. The van der Waals surface area contributed by atoms with Crippen LogP contribution in [0.15, 0.2) is 47.0 Å². The van der Waals surface area contributed by atoms with Crippen molar-refractivity contribution in [2.24, 2.45) is 0 Å². The van der Waals surface area contributed by atoms with Crippen LogP contribution in [0.3, 0.4) is 0 Å². The van der Waals surface area contributed by atoms with Crippen LogP contribution < -0.4 is 14.8 Å². The molecule has 0 spiro atoms. The first kappa shape index (κ1) is 21.4. The molecule has 4 aromatic rings. The predicted octanol–water partition coefficient (Wildman–Crippen LogP) is 5.49. The maximum Gasteiger partial charge on any atom is 0.277 e. The van der Waals surface area contributed by atoms with Gasteiger partial charge in [-0.1, -0.05) is 34.4 Å². The second-order valence-corrected chi connectivity index (χ2v) is 8.32. The van der Waals surface area contributed by atoms with Crippen LogP contribution >= 0.6 is 23.2 Å². The summed E-state index contributed by atoms with van der Waals surface area (Å²) in [6.45, 7) is 4.23. The number of carbonyl (C=O) groups is 1. The van der Waals surface area contributed by atoms with E-state index in [4.69, 9.17) is 37.2 Å². The Morgan fingerprint density at radius 2 is 1.85 bits per heavy atom. The number of anilines is 1. The number of hydrogen-bond donors (Lipinski definition) is 1. The van der Waals surface area contributed by atoms with Crippen LogP contribution in [0.5, 0.6) is 11.5 Å². The molecule has 0 radical (unpaired) electrons. The Hall–Kier alpha value is -3.49. The first-order chi connectivity index (χ1) is 15.9. The Balaban J connectivity index is 1.35. The molecule has 0 unspecified atom stereocenters. The van der Waals surface area contributed by atoms with Crippen molar-refractivity contribution < 1.29 is 18.8 Å². The highest BCUT2D eigenvalue weighted by Crippen LogP contribution is 2.36. The Morgan fingerprint density at radius 1 is 1.09 bits per heavy atom. The van der Waals surface area contributed by atoms with E-state index in [0.29, 0.717) is 45.2 Å². The molecule has 33 heavy (non-hydrogen) atoms.